The lowest BCUT2D eigenvalue weighted by Crippen LogP contribution is -2.37. The zero-order valence-electron chi connectivity index (χ0n) is 17.3. The minimum absolute atomic E-state index is 0.0706. The summed E-state index contributed by atoms with van der Waals surface area (Å²) in [6.45, 7) is 4.05. The SMILES string of the molecule is COC(=O)CC1=CC(=O)N(CC(=O)Nc2ccc(C(C)C)cc2)c2ccccc2N1. The largest absolute Gasteiger partial charge is 0.469 e. The van der Waals surface area contributed by atoms with Crippen molar-refractivity contribution in [1.29, 1.82) is 0 Å². The highest BCUT2D eigenvalue weighted by atomic mass is 16.5. The van der Waals surface area contributed by atoms with Crippen molar-refractivity contribution >= 4 is 34.8 Å². The predicted molar refractivity (Wildman–Crippen MR) is 116 cm³/mol. The van der Waals surface area contributed by atoms with E-state index in [4.69, 9.17) is 0 Å². The van der Waals surface area contributed by atoms with E-state index in [0.717, 1.165) is 0 Å². The van der Waals surface area contributed by atoms with Gasteiger partial charge in [0.2, 0.25) is 5.91 Å². The van der Waals surface area contributed by atoms with Crippen LogP contribution in [0.2, 0.25) is 0 Å². The van der Waals surface area contributed by atoms with Crippen LogP contribution in [0.1, 0.15) is 31.7 Å². The summed E-state index contributed by atoms with van der Waals surface area (Å²) in [6, 6.07) is 14.8. The standard InChI is InChI=1S/C23H25N3O4/c1-15(2)16-8-10-17(11-9-16)25-21(27)14-26-20-7-5-4-6-19(20)24-18(12-22(26)28)13-23(29)30-3/h4-12,15,24H,13-14H2,1-3H3,(H,25,27). The number of amides is 2. The molecular formula is C23H25N3O4. The van der Waals surface area contributed by atoms with E-state index in [1.54, 1.807) is 18.2 Å². The zero-order chi connectivity index (χ0) is 21.7. The van der Waals surface area contributed by atoms with Crippen LogP contribution in [0.25, 0.3) is 0 Å². The second-order valence-electron chi connectivity index (χ2n) is 7.31. The smallest absolute Gasteiger partial charge is 0.311 e. The molecule has 2 amide bonds. The maximum absolute atomic E-state index is 12.8. The highest BCUT2D eigenvalue weighted by Crippen LogP contribution is 2.30. The van der Waals surface area contributed by atoms with E-state index in [2.05, 4.69) is 29.2 Å². The second kappa shape index (κ2) is 9.26. The summed E-state index contributed by atoms with van der Waals surface area (Å²) in [5.41, 5.74) is 3.45. The lowest BCUT2D eigenvalue weighted by molar-refractivity contribution is -0.139. The van der Waals surface area contributed by atoms with Gasteiger partial charge in [0, 0.05) is 17.5 Å². The number of hydrogen-bond acceptors (Lipinski definition) is 5. The molecule has 2 N–H and O–H groups in total. The van der Waals surface area contributed by atoms with Crippen molar-refractivity contribution in [2.45, 2.75) is 26.2 Å². The number of anilines is 3. The van der Waals surface area contributed by atoms with Gasteiger partial charge in [-0.2, -0.15) is 0 Å². The van der Waals surface area contributed by atoms with E-state index in [1.807, 2.05) is 30.3 Å². The molecular weight excluding hydrogens is 382 g/mol. The Morgan fingerprint density at radius 2 is 1.80 bits per heavy atom. The van der Waals surface area contributed by atoms with Crippen LogP contribution in [0.3, 0.4) is 0 Å². The molecule has 1 aliphatic rings. The van der Waals surface area contributed by atoms with Gasteiger partial charge in [-0.05, 0) is 35.7 Å². The van der Waals surface area contributed by atoms with Crippen LogP contribution in [0.5, 0.6) is 0 Å². The van der Waals surface area contributed by atoms with Crippen molar-refractivity contribution in [2.24, 2.45) is 0 Å². The molecule has 30 heavy (non-hydrogen) atoms. The Hall–Kier alpha value is -3.61. The molecule has 156 valence electrons. The fraction of sp³-hybridized carbons (Fsp3) is 0.261. The third-order valence-corrected chi connectivity index (χ3v) is 4.78. The van der Waals surface area contributed by atoms with Crippen LogP contribution in [-0.4, -0.2) is 31.4 Å². The average molecular weight is 407 g/mol. The van der Waals surface area contributed by atoms with Gasteiger partial charge in [0.1, 0.15) is 6.54 Å². The summed E-state index contributed by atoms with van der Waals surface area (Å²) in [7, 11) is 1.29. The van der Waals surface area contributed by atoms with Crippen molar-refractivity contribution in [3.05, 3.63) is 65.9 Å². The Morgan fingerprint density at radius 1 is 1.10 bits per heavy atom. The summed E-state index contributed by atoms with van der Waals surface area (Å²) in [5.74, 6) is -0.772. The van der Waals surface area contributed by atoms with Crippen LogP contribution in [0.4, 0.5) is 17.1 Å². The van der Waals surface area contributed by atoms with Crippen LogP contribution in [-0.2, 0) is 19.1 Å². The zero-order valence-corrected chi connectivity index (χ0v) is 17.3. The first-order valence-corrected chi connectivity index (χ1v) is 9.72. The molecule has 0 unspecified atom stereocenters. The Balaban J connectivity index is 1.79. The maximum Gasteiger partial charge on any atom is 0.311 e. The fourth-order valence-corrected chi connectivity index (χ4v) is 3.15. The topological polar surface area (TPSA) is 87.7 Å². The predicted octanol–water partition coefficient (Wildman–Crippen LogP) is 3.65. The van der Waals surface area contributed by atoms with Gasteiger partial charge in [0.15, 0.2) is 0 Å². The van der Waals surface area contributed by atoms with Gasteiger partial charge in [-0.25, -0.2) is 0 Å². The molecule has 0 saturated heterocycles. The minimum atomic E-state index is -0.463. The highest BCUT2D eigenvalue weighted by Gasteiger charge is 2.25. The molecule has 7 nitrogen and oxygen atoms in total. The third-order valence-electron chi connectivity index (χ3n) is 4.78. The van der Waals surface area contributed by atoms with Crippen molar-refractivity contribution < 1.29 is 19.1 Å². The number of methoxy groups -OCH3 is 1. The number of nitrogens with one attached hydrogen (secondary N) is 2. The Kier molecular flexibility index (Phi) is 6.51. The molecule has 3 rings (SSSR count). The highest BCUT2D eigenvalue weighted by molar-refractivity contribution is 6.10. The number of hydrogen-bond donors (Lipinski definition) is 2. The lowest BCUT2D eigenvalue weighted by Gasteiger charge is -2.21. The Labute approximate surface area is 175 Å². The van der Waals surface area contributed by atoms with Gasteiger partial charge in [-0.1, -0.05) is 38.1 Å². The van der Waals surface area contributed by atoms with Crippen LogP contribution in [0, 0.1) is 0 Å². The monoisotopic (exact) mass is 407 g/mol. The van der Waals surface area contributed by atoms with E-state index < -0.39 is 11.9 Å². The number of para-hydroxylation sites is 2. The van der Waals surface area contributed by atoms with Gasteiger partial charge in [-0.15, -0.1) is 0 Å². The van der Waals surface area contributed by atoms with Crippen LogP contribution in [0.15, 0.2) is 60.3 Å². The van der Waals surface area contributed by atoms with Crippen molar-refractivity contribution in [3.8, 4) is 0 Å². The number of carbonyl (C=O) groups excluding carboxylic acids is 3. The second-order valence-corrected chi connectivity index (χ2v) is 7.31. The van der Waals surface area contributed by atoms with E-state index >= 15 is 0 Å². The molecule has 0 fully saturated rings. The number of nitrogens with zero attached hydrogens (tertiary/aromatic N) is 1. The molecule has 0 spiro atoms. The van der Waals surface area contributed by atoms with Crippen molar-refractivity contribution in [3.63, 3.8) is 0 Å². The first-order chi connectivity index (χ1) is 14.4. The number of rotatable bonds is 6. The van der Waals surface area contributed by atoms with Crippen LogP contribution >= 0.6 is 0 Å². The van der Waals surface area contributed by atoms with E-state index in [1.165, 1.54) is 23.6 Å². The first-order valence-electron chi connectivity index (χ1n) is 9.72. The fourth-order valence-electron chi connectivity index (χ4n) is 3.15. The van der Waals surface area contributed by atoms with Gasteiger partial charge < -0.3 is 15.4 Å². The third kappa shape index (κ3) is 5.05. The first kappa shape index (κ1) is 21.1. The quantitative estimate of drug-likeness (QED) is 0.714. The Bertz CT molecular complexity index is 980. The van der Waals surface area contributed by atoms with Crippen LogP contribution < -0.4 is 15.5 Å². The number of ether oxygens (including phenoxy) is 1. The summed E-state index contributed by atoms with van der Waals surface area (Å²) < 4.78 is 4.69. The number of fused-ring (bicyclic) bond motifs is 1. The molecule has 0 saturated carbocycles. The van der Waals surface area contributed by atoms with Gasteiger partial charge in [0.25, 0.3) is 5.91 Å². The molecule has 0 aromatic heterocycles. The van der Waals surface area contributed by atoms with Gasteiger partial charge >= 0.3 is 5.97 Å². The number of benzene rings is 2. The average Bonchev–Trinajstić information content (AvgIpc) is 2.84. The molecule has 1 aliphatic heterocycles. The molecule has 2 aromatic carbocycles. The maximum atomic E-state index is 12.8. The normalized spacial score (nSPS) is 13.1. The minimum Gasteiger partial charge on any atom is -0.469 e. The van der Waals surface area contributed by atoms with Crippen molar-refractivity contribution in [1.82, 2.24) is 0 Å². The summed E-state index contributed by atoms with van der Waals surface area (Å²) in [6.07, 6.45) is 1.25. The van der Waals surface area contributed by atoms with E-state index in [0.29, 0.717) is 28.7 Å². The van der Waals surface area contributed by atoms with E-state index in [-0.39, 0.29) is 18.9 Å². The van der Waals surface area contributed by atoms with Crippen molar-refractivity contribution in [2.75, 3.05) is 29.2 Å². The van der Waals surface area contributed by atoms with Gasteiger partial charge in [0.05, 0.1) is 24.9 Å². The molecule has 2 aromatic rings. The Morgan fingerprint density at radius 3 is 2.47 bits per heavy atom. The van der Waals surface area contributed by atoms with E-state index in [9.17, 15) is 14.4 Å². The molecule has 7 heteroatoms. The number of carbonyl (C=O) groups is 3. The van der Waals surface area contributed by atoms with Gasteiger partial charge in [-0.3, -0.25) is 19.3 Å². The summed E-state index contributed by atoms with van der Waals surface area (Å²) in [5, 5.41) is 5.92. The molecule has 0 radical (unpaired) electrons. The lowest BCUT2D eigenvalue weighted by atomic mass is 10.0. The summed E-state index contributed by atoms with van der Waals surface area (Å²) >= 11 is 0. The molecule has 0 atom stereocenters. The molecule has 0 bridgehead atoms. The number of esters is 1. The summed E-state index contributed by atoms with van der Waals surface area (Å²) in [4.78, 5) is 38.5. The molecule has 1 heterocycles. The molecule has 0 aliphatic carbocycles.